The lowest BCUT2D eigenvalue weighted by Crippen LogP contribution is -2.12. The number of amides is 1. The lowest BCUT2D eigenvalue weighted by molar-refractivity contribution is 0.0498. The Labute approximate surface area is 157 Å². The molecule has 0 fully saturated rings. The molecule has 1 amide bonds. The van der Waals surface area contributed by atoms with Gasteiger partial charge in [-0.2, -0.15) is 0 Å². The zero-order valence-electron chi connectivity index (χ0n) is 13.9. The van der Waals surface area contributed by atoms with Gasteiger partial charge in [0.1, 0.15) is 0 Å². The zero-order valence-corrected chi connectivity index (χ0v) is 15.4. The summed E-state index contributed by atoms with van der Waals surface area (Å²) < 4.78 is 5.19. The Morgan fingerprint density at radius 1 is 0.960 bits per heavy atom. The minimum Gasteiger partial charge on any atom is -0.462 e. The monoisotopic (exact) mass is 379 g/mol. The van der Waals surface area contributed by atoms with Gasteiger partial charge in [0, 0.05) is 11.3 Å². The van der Waals surface area contributed by atoms with Crippen LogP contribution in [0.3, 0.4) is 0 Å². The summed E-state index contributed by atoms with van der Waals surface area (Å²) in [5, 5.41) is 3.44. The molecular formula is C19H19Cl2NO3. The fourth-order valence-electron chi connectivity index (χ4n) is 2.13. The fraction of sp³-hybridized carbons (Fsp3) is 0.263. The van der Waals surface area contributed by atoms with Gasteiger partial charge >= 0.3 is 5.97 Å². The van der Waals surface area contributed by atoms with Crippen LogP contribution in [0, 0.1) is 0 Å². The SMILES string of the molecule is CCCCCOC(=O)c1ccc(NC(=O)c2ccc(Cl)c(Cl)c2)cc1. The first-order valence-electron chi connectivity index (χ1n) is 8.05. The Morgan fingerprint density at radius 2 is 1.64 bits per heavy atom. The third-order valence-corrected chi connectivity index (χ3v) is 4.28. The normalized spacial score (nSPS) is 10.4. The fourth-order valence-corrected chi connectivity index (χ4v) is 2.43. The molecule has 0 atom stereocenters. The standard InChI is InChI=1S/C19H19Cl2NO3/c1-2-3-4-11-25-19(24)13-5-8-15(9-6-13)22-18(23)14-7-10-16(20)17(21)12-14/h5-10,12H,2-4,11H2,1H3,(H,22,23). The first-order valence-corrected chi connectivity index (χ1v) is 8.80. The second-order valence-electron chi connectivity index (χ2n) is 5.50. The van der Waals surface area contributed by atoms with Crippen LogP contribution in [-0.2, 0) is 4.74 Å². The van der Waals surface area contributed by atoms with Crippen molar-refractivity contribution in [3.8, 4) is 0 Å². The summed E-state index contributed by atoms with van der Waals surface area (Å²) in [5.74, 6) is -0.674. The molecule has 0 aliphatic carbocycles. The Bertz CT molecular complexity index is 745. The predicted octanol–water partition coefficient (Wildman–Crippen LogP) is 5.59. The van der Waals surface area contributed by atoms with E-state index in [2.05, 4.69) is 12.2 Å². The smallest absolute Gasteiger partial charge is 0.338 e. The summed E-state index contributed by atoms with van der Waals surface area (Å²) in [4.78, 5) is 24.1. The summed E-state index contributed by atoms with van der Waals surface area (Å²) >= 11 is 11.8. The van der Waals surface area contributed by atoms with E-state index in [1.165, 1.54) is 6.07 Å². The van der Waals surface area contributed by atoms with Crippen LogP contribution < -0.4 is 5.32 Å². The van der Waals surface area contributed by atoms with Crippen LogP contribution in [0.5, 0.6) is 0 Å². The van der Waals surface area contributed by atoms with Crippen LogP contribution in [0.1, 0.15) is 46.9 Å². The van der Waals surface area contributed by atoms with Gasteiger partial charge in [0.25, 0.3) is 5.91 Å². The summed E-state index contributed by atoms with van der Waals surface area (Å²) in [7, 11) is 0. The number of ether oxygens (including phenoxy) is 1. The average Bonchev–Trinajstić information content (AvgIpc) is 2.61. The molecule has 0 heterocycles. The summed E-state index contributed by atoms with van der Waals surface area (Å²) in [5.41, 5.74) is 1.41. The summed E-state index contributed by atoms with van der Waals surface area (Å²) in [6, 6.07) is 11.2. The van der Waals surface area contributed by atoms with Gasteiger partial charge in [-0.1, -0.05) is 43.0 Å². The Kier molecular flexibility index (Phi) is 7.29. The highest BCUT2D eigenvalue weighted by atomic mass is 35.5. The zero-order chi connectivity index (χ0) is 18.2. The number of halogens is 2. The van der Waals surface area contributed by atoms with Crippen molar-refractivity contribution in [2.24, 2.45) is 0 Å². The number of unbranched alkanes of at least 4 members (excludes halogenated alkanes) is 2. The van der Waals surface area contributed by atoms with Gasteiger partial charge in [0.15, 0.2) is 0 Å². The van der Waals surface area contributed by atoms with Crippen LogP contribution in [0.25, 0.3) is 0 Å². The second-order valence-corrected chi connectivity index (χ2v) is 6.32. The molecular weight excluding hydrogens is 361 g/mol. The van der Waals surface area contributed by atoms with E-state index in [1.807, 2.05) is 0 Å². The van der Waals surface area contributed by atoms with Crippen molar-refractivity contribution in [3.05, 3.63) is 63.6 Å². The molecule has 1 N–H and O–H groups in total. The molecule has 0 spiro atoms. The van der Waals surface area contributed by atoms with Gasteiger partial charge in [0.05, 0.1) is 22.2 Å². The first kappa shape index (κ1) is 19.3. The van der Waals surface area contributed by atoms with E-state index in [1.54, 1.807) is 36.4 Å². The van der Waals surface area contributed by atoms with Crippen molar-refractivity contribution in [1.82, 2.24) is 0 Å². The van der Waals surface area contributed by atoms with E-state index >= 15 is 0 Å². The molecule has 2 aromatic carbocycles. The van der Waals surface area contributed by atoms with E-state index < -0.39 is 0 Å². The molecule has 0 unspecified atom stereocenters. The molecule has 0 aromatic heterocycles. The number of nitrogens with one attached hydrogen (secondary N) is 1. The third kappa shape index (κ3) is 5.76. The summed E-state index contributed by atoms with van der Waals surface area (Å²) in [6.07, 6.45) is 2.97. The molecule has 0 aliphatic heterocycles. The van der Waals surface area contributed by atoms with E-state index in [0.717, 1.165) is 19.3 Å². The molecule has 0 aliphatic rings. The average molecular weight is 380 g/mol. The van der Waals surface area contributed by atoms with Crippen LogP contribution in [0.2, 0.25) is 10.0 Å². The van der Waals surface area contributed by atoms with Gasteiger partial charge in [0.2, 0.25) is 0 Å². The van der Waals surface area contributed by atoms with E-state index in [4.69, 9.17) is 27.9 Å². The molecule has 0 bridgehead atoms. The van der Waals surface area contributed by atoms with Crippen molar-refractivity contribution in [3.63, 3.8) is 0 Å². The maximum absolute atomic E-state index is 12.2. The number of carbonyl (C=O) groups excluding carboxylic acids is 2. The summed E-state index contributed by atoms with van der Waals surface area (Å²) in [6.45, 7) is 2.51. The largest absolute Gasteiger partial charge is 0.462 e. The highest BCUT2D eigenvalue weighted by Crippen LogP contribution is 2.23. The number of carbonyl (C=O) groups is 2. The van der Waals surface area contributed by atoms with Crippen LogP contribution in [-0.4, -0.2) is 18.5 Å². The first-order chi connectivity index (χ1) is 12.0. The molecule has 2 aromatic rings. The van der Waals surface area contributed by atoms with E-state index in [9.17, 15) is 9.59 Å². The Morgan fingerprint density at radius 3 is 2.28 bits per heavy atom. The predicted molar refractivity (Wildman–Crippen MR) is 101 cm³/mol. The number of rotatable bonds is 7. The number of hydrogen-bond donors (Lipinski definition) is 1. The Balaban J connectivity index is 1.94. The molecule has 2 rings (SSSR count). The third-order valence-electron chi connectivity index (χ3n) is 3.54. The minimum atomic E-state index is -0.363. The van der Waals surface area contributed by atoms with Crippen molar-refractivity contribution in [1.29, 1.82) is 0 Å². The number of esters is 1. The molecule has 132 valence electrons. The Hall–Kier alpha value is -2.04. The van der Waals surface area contributed by atoms with Gasteiger partial charge in [-0.15, -0.1) is 0 Å². The van der Waals surface area contributed by atoms with Gasteiger partial charge in [-0.25, -0.2) is 4.79 Å². The molecule has 0 saturated heterocycles. The van der Waals surface area contributed by atoms with Crippen molar-refractivity contribution in [2.75, 3.05) is 11.9 Å². The van der Waals surface area contributed by atoms with Crippen LogP contribution in [0.4, 0.5) is 5.69 Å². The lowest BCUT2D eigenvalue weighted by Gasteiger charge is -2.08. The maximum Gasteiger partial charge on any atom is 0.338 e. The maximum atomic E-state index is 12.2. The molecule has 25 heavy (non-hydrogen) atoms. The quantitative estimate of drug-likeness (QED) is 0.503. The van der Waals surface area contributed by atoms with Crippen molar-refractivity contribution in [2.45, 2.75) is 26.2 Å². The molecule has 0 saturated carbocycles. The molecule has 0 radical (unpaired) electrons. The van der Waals surface area contributed by atoms with Crippen LogP contribution in [0.15, 0.2) is 42.5 Å². The highest BCUT2D eigenvalue weighted by Gasteiger charge is 2.10. The number of anilines is 1. The highest BCUT2D eigenvalue weighted by molar-refractivity contribution is 6.42. The lowest BCUT2D eigenvalue weighted by atomic mass is 10.2. The van der Waals surface area contributed by atoms with Crippen molar-refractivity contribution >= 4 is 40.8 Å². The number of benzene rings is 2. The second kappa shape index (κ2) is 9.44. The molecule has 6 heteroatoms. The van der Waals surface area contributed by atoms with Gasteiger partial charge in [-0.05, 0) is 48.9 Å². The topological polar surface area (TPSA) is 55.4 Å². The number of hydrogen-bond acceptors (Lipinski definition) is 3. The molecule has 4 nitrogen and oxygen atoms in total. The van der Waals surface area contributed by atoms with E-state index in [-0.39, 0.29) is 11.9 Å². The van der Waals surface area contributed by atoms with Crippen LogP contribution >= 0.6 is 23.2 Å². The van der Waals surface area contributed by atoms with E-state index in [0.29, 0.717) is 33.5 Å². The van der Waals surface area contributed by atoms with Gasteiger partial charge in [-0.3, -0.25) is 4.79 Å². The van der Waals surface area contributed by atoms with Gasteiger partial charge < -0.3 is 10.1 Å². The minimum absolute atomic E-state index is 0.312. The van der Waals surface area contributed by atoms with Crippen molar-refractivity contribution < 1.29 is 14.3 Å².